The van der Waals surface area contributed by atoms with Crippen LogP contribution in [0.3, 0.4) is 0 Å². The lowest BCUT2D eigenvalue weighted by Crippen LogP contribution is -2.06. The van der Waals surface area contributed by atoms with E-state index in [1.807, 2.05) is 36.7 Å². The molecule has 0 saturated heterocycles. The Balaban J connectivity index is 2.44. The van der Waals surface area contributed by atoms with Crippen molar-refractivity contribution in [2.45, 2.75) is 19.4 Å². The number of hydrogen-bond donors (Lipinski definition) is 2. The summed E-state index contributed by atoms with van der Waals surface area (Å²) >= 11 is 0. The molecule has 0 aliphatic heterocycles. The van der Waals surface area contributed by atoms with Gasteiger partial charge in [0.1, 0.15) is 5.82 Å². The number of aliphatic hydroxyl groups excluding tert-OH is 1. The van der Waals surface area contributed by atoms with Crippen molar-refractivity contribution in [1.82, 2.24) is 9.55 Å². The minimum atomic E-state index is -0.489. The highest BCUT2D eigenvalue weighted by Crippen LogP contribution is 2.22. The molecule has 1 aromatic carbocycles. The van der Waals surface area contributed by atoms with Gasteiger partial charge in [-0.2, -0.15) is 0 Å². The van der Waals surface area contributed by atoms with Gasteiger partial charge in [0, 0.05) is 7.05 Å². The molecule has 86 valence electrons. The van der Waals surface area contributed by atoms with Crippen LogP contribution in [0.2, 0.25) is 0 Å². The average Bonchev–Trinajstić information content (AvgIpc) is 2.55. The first kappa shape index (κ1) is 11.1. The molecule has 2 rings (SSSR count). The van der Waals surface area contributed by atoms with E-state index in [1.165, 1.54) is 0 Å². The van der Waals surface area contributed by atoms with Crippen molar-refractivity contribution in [3.05, 3.63) is 29.6 Å². The first-order chi connectivity index (χ1) is 7.63. The lowest BCUT2D eigenvalue weighted by Gasteiger charge is -2.09. The summed E-state index contributed by atoms with van der Waals surface area (Å²) < 4.78 is 2.04. The summed E-state index contributed by atoms with van der Waals surface area (Å²) in [7, 11) is 1.99. The number of nitrogens with zero attached hydrogens (tertiary/aromatic N) is 2. The van der Waals surface area contributed by atoms with Gasteiger partial charge >= 0.3 is 0 Å². The Morgan fingerprint density at radius 1 is 1.50 bits per heavy atom. The van der Waals surface area contributed by atoms with E-state index in [1.54, 1.807) is 0 Å². The minimum absolute atomic E-state index is 0.487. The monoisotopic (exact) mass is 219 g/mol. The Hall–Kier alpha value is -1.39. The number of benzene rings is 1. The molecule has 0 aliphatic carbocycles. The molecule has 3 N–H and O–H groups in total. The van der Waals surface area contributed by atoms with Crippen molar-refractivity contribution in [3.63, 3.8) is 0 Å². The zero-order valence-electron chi connectivity index (χ0n) is 9.64. The van der Waals surface area contributed by atoms with Crippen molar-refractivity contribution < 1.29 is 5.11 Å². The van der Waals surface area contributed by atoms with E-state index < -0.39 is 6.10 Å². The molecular formula is C12H17N3O. The Labute approximate surface area is 94.7 Å². The van der Waals surface area contributed by atoms with Gasteiger partial charge in [-0.05, 0) is 37.6 Å². The molecule has 1 unspecified atom stereocenters. The minimum Gasteiger partial charge on any atom is -0.388 e. The average molecular weight is 219 g/mol. The van der Waals surface area contributed by atoms with Crippen LogP contribution >= 0.6 is 0 Å². The quantitative estimate of drug-likeness (QED) is 0.817. The first-order valence-electron chi connectivity index (χ1n) is 5.44. The van der Waals surface area contributed by atoms with E-state index >= 15 is 0 Å². The van der Waals surface area contributed by atoms with Crippen LogP contribution in [0.4, 0.5) is 0 Å². The van der Waals surface area contributed by atoms with Gasteiger partial charge in [-0.1, -0.05) is 6.07 Å². The number of aryl methyl sites for hydroxylation is 2. The molecule has 0 amide bonds. The predicted molar refractivity (Wildman–Crippen MR) is 64.1 cm³/mol. The fourth-order valence-corrected chi connectivity index (χ4v) is 1.87. The third-order valence-corrected chi connectivity index (χ3v) is 2.95. The molecule has 16 heavy (non-hydrogen) atoms. The fraction of sp³-hybridized carbons (Fsp3) is 0.417. The number of aromatic nitrogens is 2. The number of imidazole rings is 1. The van der Waals surface area contributed by atoms with Gasteiger partial charge in [0.2, 0.25) is 0 Å². The zero-order valence-corrected chi connectivity index (χ0v) is 9.64. The molecule has 4 nitrogen and oxygen atoms in total. The maximum absolute atomic E-state index is 9.84. The summed E-state index contributed by atoms with van der Waals surface area (Å²) in [6.45, 7) is 2.45. The Morgan fingerprint density at radius 3 is 2.94 bits per heavy atom. The van der Waals surface area contributed by atoms with Crippen molar-refractivity contribution in [1.29, 1.82) is 0 Å². The molecule has 0 bridgehead atoms. The third kappa shape index (κ3) is 1.81. The van der Waals surface area contributed by atoms with E-state index in [0.29, 0.717) is 13.0 Å². The van der Waals surface area contributed by atoms with E-state index in [-0.39, 0.29) is 0 Å². The molecule has 0 saturated carbocycles. The van der Waals surface area contributed by atoms with Crippen molar-refractivity contribution in [2.75, 3.05) is 6.54 Å². The van der Waals surface area contributed by atoms with Gasteiger partial charge in [-0.25, -0.2) is 4.98 Å². The Kier molecular flexibility index (Phi) is 2.94. The normalized spacial score (nSPS) is 13.2. The van der Waals surface area contributed by atoms with Gasteiger partial charge in [0.25, 0.3) is 0 Å². The first-order valence-corrected chi connectivity index (χ1v) is 5.44. The molecule has 4 heteroatoms. The number of fused-ring (bicyclic) bond motifs is 1. The van der Waals surface area contributed by atoms with Crippen molar-refractivity contribution in [2.24, 2.45) is 12.8 Å². The molecule has 2 aromatic rings. The van der Waals surface area contributed by atoms with Gasteiger partial charge in [0.15, 0.2) is 0 Å². The number of aliphatic hydroxyl groups is 1. The van der Waals surface area contributed by atoms with Crippen LogP contribution in [-0.2, 0) is 7.05 Å². The lowest BCUT2D eigenvalue weighted by molar-refractivity contribution is 0.170. The molecule has 1 heterocycles. The van der Waals surface area contributed by atoms with Gasteiger partial charge in [-0.3, -0.25) is 0 Å². The molecule has 0 aliphatic rings. The van der Waals surface area contributed by atoms with Crippen LogP contribution in [0, 0.1) is 6.92 Å². The van der Waals surface area contributed by atoms with Crippen molar-refractivity contribution >= 4 is 11.0 Å². The van der Waals surface area contributed by atoms with Crippen LogP contribution in [-0.4, -0.2) is 21.2 Å². The fourth-order valence-electron chi connectivity index (χ4n) is 1.87. The molecule has 1 atom stereocenters. The standard InChI is InChI=1S/C12H17N3O/c1-8-14-10-7-9(12(16)5-6-13)3-4-11(10)15(8)2/h3-4,7,12,16H,5-6,13H2,1-2H3. The summed E-state index contributed by atoms with van der Waals surface area (Å²) in [6, 6.07) is 5.86. The second-order valence-electron chi connectivity index (χ2n) is 4.06. The smallest absolute Gasteiger partial charge is 0.106 e. The second kappa shape index (κ2) is 4.23. The van der Waals surface area contributed by atoms with Crippen LogP contribution in [0.15, 0.2) is 18.2 Å². The lowest BCUT2D eigenvalue weighted by atomic mass is 10.1. The summed E-state index contributed by atoms with van der Waals surface area (Å²) in [5, 5.41) is 9.84. The van der Waals surface area contributed by atoms with E-state index in [2.05, 4.69) is 4.98 Å². The largest absolute Gasteiger partial charge is 0.388 e. The molecule has 0 radical (unpaired) electrons. The maximum Gasteiger partial charge on any atom is 0.106 e. The summed E-state index contributed by atoms with van der Waals surface area (Å²) in [6.07, 6.45) is 0.0915. The highest BCUT2D eigenvalue weighted by atomic mass is 16.3. The molecular weight excluding hydrogens is 202 g/mol. The molecule has 0 fully saturated rings. The van der Waals surface area contributed by atoms with Crippen molar-refractivity contribution in [3.8, 4) is 0 Å². The van der Waals surface area contributed by atoms with E-state index in [4.69, 9.17) is 5.73 Å². The van der Waals surface area contributed by atoms with Crippen LogP contribution < -0.4 is 5.73 Å². The van der Waals surface area contributed by atoms with E-state index in [0.717, 1.165) is 22.4 Å². The van der Waals surface area contributed by atoms with Gasteiger partial charge in [0.05, 0.1) is 17.1 Å². The SMILES string of the molecule is Cc1nc2cc(C(O)CCN)ccc2n1C. The summed E-state index contributed by atoms with van der Waals surface area (Å²) in [5.74, 6) is 0.973. The highest BCUT2D eigenvalue weighted by Gasteiger charge is 2.09. The van der Waals surface area contributed by atoms with Gasteiger partial charge < -0.3 is 15.4 Å². The van der Waals surface area contributed by atoms with Crippen LogP contribution in [0.25, 0.3) is 11.0 Å². The molecule has 1 aromatic heterocycles. The van der Waals surface area contributed by atoms with E-state index in [9.17, 15) is 5.11 Å². The number of nitrogens with two attached hydrogens (primary N) is 1. The second-order valence-corrected chi connectivity index (χ2v) is 4.06. The van der Waals surface area contributed by atoms with Gasteiger partial charge in [-0.15, -0.1) is 0 Å². The number of rotatable bonds is 3. The maximum atomic E-state index is 9.84. The summed E-state index contributed by atoms with van der Waals surface area (Å²) in [5.41, 5.74) is 8.32. The zero-order chi connectivity index (χ0) is 11.7. The highest BCUT2D eigenvalue weighted by molar-refractivity contribution is 5.76. The Bertz CT molecular complexity index is 504. The summed E-state index contributed by atoms with van der Waals surface area (Å²) in [4.78, 5) is 4.44. The topological polar surface area (TPSA) is 64.1 Å². The predicted octanol–water partition coefficient (Wildman–Crippen LogP) is 1.26. The van der Waals surface area contributed by atoms with Crippen LogP contribution in [0.5, 0.6) is 0 Å². The third-order valence-electron chi connectivity index (χ3n) is 2.95. The molecule has 0 spiro atoms. The number of hydrogen-bond acceptors (Lipinski definition) is 3. The van der Waals surface area contributed by atoms with Crippen LogP contribution in [0.1, 0.15) is 23.9 Å². The Morgan fingerprint density at radius 2 is 2.25 bits per heavy atom.